The molecule has 0 amide bonds. The van der Waals surface area contributed by atoms with Crippen LogP contribution in [0.15, 0.2) is 18.3 Å². The Morgan fingerprint density at radius 1 is 1.29 bits per heavy atom. The van der Waals surface area contributed by atoms with Gasteiger partial charge < -0.3 is 4.57 Å². The summed E-state index contributed by atoms with van der Waals surface area (Å²) in [4.78, 5) is 10.7. The molecule has 0 saturated carbocycles. The molecule has 0 radical (unpaired) electrons. The van der Waals surface area contributed by atoms with Crippen LogP contribution in [0.3, 0.4) is 0 Å². The molecule has 1 aliphatic heterocycles. The lowest BCUT2D eigenvalue weighted by Crippen LogP contribution is -2.20. The second kappa shape index (κ2) is 2.54. The van der Waals surface area contributed by atoms with Gasteiger partial charge in [-0.1, -0.05) is 5.21 Å². The first-order chi connectivity index (χ1) is 6.88. The van der Waals surface area contributed by atoms with Gasteiger partial charge >= 0.3 is 0 Å². The fourth-order valence-corrected chi connectivity index (χ4v) is 1.81. The van der Waals surface area contributed by atoms with E-state index in [1.807, 2.05) is 21.4 Å². The lowest BCUT2D eigenvalue weighted by Gasteiger charge is -2.17. The zero-order valence-corrected chi connectivity index (χ0v) is 7.42. The molecule has 0 aliphatic carbocycles. The SMILES string of the molecule is O=Cc1ccc2n1Cc1cnnn1C2. The predicted molar refractivity (Wildman–Crippen MR) is 48.0 cm³/mol. The topological polar surface area (TPSA) is 52.7 Å². The molecule has 5 nitrogen and oxygen atoms in total. The third-order valence-corrected chi connectivity index (χ3v) is 2.56. The molecule has 0 bridgehead atoms. The molecule has 5 heteroatoms. The van der Waals surface area contributed by atoms with Crippen LogP contribution in [0, 0.1) is 0 Å². The molecular weight excluding hydrogens is 180 g/mol. The Bertz CT molecular complexity index is 497. The molecule has 0 N–H and O–H groups in total. The van der Waals surface area contributed by atoms with Gasteiger partial charge in [0.05, 0.1) is 30.7 Å². The summed E-state index contributed by atoms with van der Waals surface area (Å²) in [6.07, 6.45) is 2.61. The summed E-state index contributed by atoms with van der Waals surface area (Å²) in [7, 11) is 0. The highest BCUT2D eigenvalue weighted by atomic mass is 16.1. The van der Waals surface area contributed by atoms with E-state index >= 15 is 0 Å². The molecule has 3 heterocycles. The number of carbonyl (C=O) groups is 1. The Balaban J connectivity index is 2.13. The standard InChI is InChI=1S/C9H8N4O/c14-6-8-2-1-7-5-13-9(3-10-11-13)4-12(7)8/h1-3,6H,4-5H2. The van der Waals surface area contributed by atoms with Crippen LogP contribution in [0.25, 0.3) is 0 Å². The summed E-state index contributed by atoms with van der Waals surface area (Å²) in [5.74, 6) is 0. The van der Waals surface area contributed by atoms with Gasteiger partial charge in [0, 0.05) is 5.69 Å². The number of rotatable bonds is 1. The van der Waals surface area contributed by atoms with Crippen molar-refractivity contribution in [3.63, 3.8) is 0 Å². The summed E-state index contributed by atoms with van der Waals surface area (Å²) < 4.78 is 3.84. The van der Waals surface area contributed by atoms with E-state index in [4.69, 9.17) is 0 Å². The van der Waals surface area contributed by atoms with Crippen LogP contribution < -0.4 is 0 Å². The molecular formula is C9H8N4O. The van der Waals surface area contributed by atoms with Gasteiger partial charge in [-0.05, 0) is 12.1 Å². The lowest BCUT2D eigenvalue weighted by atomic mass is 10.3. The maximum absolute atomic E-state index is 10.7. The molecule has 0 aromatic carbocycles. The average Bonchev–Trinajstić information content (AvgIpc) is 2.78. The minimum absolute atomic E-state index is 0.684. The number of hydrogen-bond acceptors (Lipinski definition) is 3. The smallest absolute Gasteiger partial charge is 0.166 e. The fourth-order valence-electron chi connectivity index (χ4n) is 1.81. The predicted octanol–water partition coefficient (Wildman–Crippen LogP) is 0.302. The highest BCUT2D eigenvalue weighted by Crippen LogP contribution is 2.17. The van der Waals surface area contributed by atoms with Gasteiger partial charge in [-0.2, -0.15) is 0 Å². The van der Waals surface area contributed by atoms with E-state index in [-0.39, 0.29) is 0 Å². The number of fused-ring (bicyclic) bond motifs is 2. The van der Waals surface area contributed by atoms with Crippen molar-refractivity contribution in [2.24, 2.45) is 0 Å². The number of nitrogens with zero attached hydrogens (tertiary/aromatic N) is 4. The largest absolute Gasteiger partial charge is 0.335 e. The van der Waals surface area contributed by atoms with E-state index in [1.54, 1.807) is 6.20 Å². The molecule has 1 aliphatic rings. The minimum Gasteiger partial charge on any atom is -0.335 e. The Morgan fingerprint density at radius 3 is 3.07 bits per heavy atom. The van der Waals surface area contributed by atoms with Crippen molar-refractivity contribution < 1.29 is 4.79 Å². The maximum atomic E-state index is 10.7. The van der Waals surface area contributed by atoms with Crippen LogP contribution in [0.2, 0.25) is 0 Å². The number of hydrogen-bond donors (Lipinski definition) is 0. The third-order valence-electron chi connectivity index (χ3n) is 2.56. The number of aromatic nitrogens is 4. The zero-order chi connectivity index (χ0) is 9.54. The first kappa shape index (κ1) is 7.49. The molecule has 0 unspecified atom stereocenters. The van der Waals surface area contributed by atoms with Gasteiger partial charge in [-0.15, -0.1) is 5.10 Å². The lowest BCUT2D eigenvalue weighted by molar-refractivity contribution is 0.111. The fraction of sp³-hybridized carbons (Fsp3) is 0.222. The monoisotopic (exact) mass is 188 g/mol. The molecule has 0 saturated heterocycles. The Kier molecular flexibility index (Phi) is 1.36. The van der Waals surface area contributed by atoms with E-state index in [0.717, 1.165) is 17.7 Å². The van der Waals surface area contributed by atoms with E-state index in [2.05, 4.69) is 10.3 Å². The van der Waals surface area contributed by atoms with Crippen molar-refractivity contribution in [3.05, 3.63) is 35.4 Å². The van der Waals surface area contributed by atoms with Gasteiger partial charge in [0.2, 0.25) is 0 Å². The van der Waals surface area contributed by atoms with Gasteiger partial charge in [-0.25, -0.2) is 4.68 Å². The summed E-state index contributed by atoms with van der Waals surface area (Å²) in [5.41, 5.74) is 2.86. The van der Waals surface area contributed by atoms with Crippen LogP contribution >= 0.6 is 0 Å². The molecule has 0 atom stereocenters. The first-order valence-corrected chi connectivity index (χ1v) is 4.39. The highest BCUT2D eigenvalue weighted by Gasteiger charge is 2.17. The van der Waals surface area contributed by atoms with Gasteiger partial charge in [-0.3, -0.25) is 4.79 Å². The van der Waals surface area contributed by atoms with Crippen molar-refractivity contribution in [2.75, 3.05) is 0 Å². The average molecular weight is 188 g/mol. The van der Waals surface area contributed by atoms with E-state index < -0.39 is 0 Å². The van der Waals surface area contributed by atoms with Crippen LogP contribution in [-0.4, -0.2) is 25.8 Å². The van der Waals surface area contributed by atoms with Gasteiger partial charge in [0.1, 0.15) is 0 Å². The van der Waals surface area contributed by atoms with E-state index in [1.165, 1.54) is 0 Å². The number of carbonyl (C=O) groups excluding carboxylic acids is 1. The van der Waals surface area contributed by atoms with Crippen molar-refractivity contribution in [1.82, 2.24) is 19.6 Å². The van der Waals surface area contributed by atoms with Gasteiger partial charge in [0.15, 0.2) is 6.29 Å². The van der Waals surface area contributed by atoms with Crippen molar-refractivity contribution >= 4 is 6.29 Å². The number of aldehydes is 1. The summed E-state index contributed by atoms with van der Waals surface area (Å²) >= 11 is 0. The van der Waals surface area contributed by atoms with Crippen molar-refractivity contribution in [2.45, 2.75) is 13.1 Å². The maximum Gasteiger partial charge on any atom is 0.166 e. The Morgan fingerprint density at radius 2 is 2.21 bits per heavy atom. The Hall–Kier alpha value is -1.91. The second-order valence-electron chi connectivity index (χ2n) is 3.34. The second-order valence-corrected chi connectivity index (χ2v) is 3.34. The van der Waals surface area contributed by atoms with Crippen LogP contribution in [0.1, 0.15) is 21.9 Å². The summed E-state index contributed by atoms with van der Waals surface area (Å²) in [5, 5.41) is 7.79. The van der Waals surface area contributed by atoms with E-state index in [0.29, 0.717) is 18.8 Å². The van der Waals surface area contributed by atoms with Crippen molar-refractivity contribution in [1.29, 1.82) is 0 Å². The third kappa shape index (κ3) is 0.863. The van der Waals surface area contributed by atoms with E-state index in [9.17, 15) is 4.79 Å². The molecule has 0 spiro atoms. The minimum atomic E-state index is 0.684. The quantitative estimate of drug-likeness (QED) is 0.516. The molecule has 2 aromatic rings. The van der Waals surface area contributed by atoms with Crippen LogP contribution in [0.5, 0.6) is 0 Å². The van der Waals surface area contributed by atoms with Crippen LogP contribution in [-0.2, 0) is 13.1 Å². The van der Waals surface area contributed by atoms with Crippen LogP contribution in [0.4, 0.5) is 0 Å². The summed E-state index contributed by atoms with van der Waals surface area (Å²) in [6.45, 7) is 1.38. The highest BCUT2D eigenvalue weighted by molar-refractivity contribution is 5.72. The normalized spacial score (nSPS) is 13.4. The first-order valence-electron chi connectivity index (χ1n) is 4.39. The Labute approximate surface area is 80.0 Å². The molecule has 0 fully saturated rings. The molecule has 2 aromatic heterocycles. The molecule has 70 valence electrons. The molecule has 3 rings (SSSR count). The summed E-state index contributed by atoms with van der Waals surface area (Å²) in [6, 6.07) is 3.79. The zero-order valence-electron chi connectivity index (χ0n) is 7.42. The van der Waals surface area contributed by atoms with Gasteiger partial charge in [0.25, 0.3) is 0 Å². The molecule has 14 heavy (non-hydrogen) atoms. The van der Waals surface area contributed by atoms with Crippen molar-refractivity contribution in [3.8, 4) is 0 Å².